The predicted octanol–water partition coefficient (Wildman–Crippen LogP) is 4.81. The summed E-state index contributed by atoms with van der Waals surface area (Å²) in [5.41, 5.74) is 0.0283. The van der Waals surface area contributed by atoms with Gasteiger partial charge in [0.1, 0.15) is 34.0 Å². The van der Waals surface area contributed by atoms with E-state index in [1.54, 1.807) is 17.6 Å². The van der Waals surface area contributed by atoms with E-state index in [1.807, 2.05) is 6.92 Å². The summed E-state index contributed by atoms with van der Waals surface area (Å²) in [6, 6.07) is 8.01. The van der Waals surface area contributed by atoms with E-state index in [0.29, 0.717) is 26.7 Å². The fraction of sp³-hybridized carbons (Fsp3) is 0.150. The molecule has 2 aromatic carbocycles. The summed E-state index contributed by atoms with van der Waals surface area (Å²) in [7, 11) is 0. The first-order chi connectivity index (χ1) is 14.1. The zero-order valence-electron chi connectivity index (χ0n) is 15.3. The van der Waals surface area contributed by atoms with Gasteiger partial charge in [-0.05, 0) is 36.1 Å². The van der Waals surface area contributed by atoms with Gasteiger partial charge in [0.05, 0.1) is 11.2 Å². The molecule has 4 rings (SSSR count). The first kappa shape index (κ1) is 19.5. The molecule has 0 saturated heterocycles. The maximum Gasteiger partial charge on any atom is 0.353 e. The molecule has 4 aromatic rings. The molecule has 0 amide bonds. The molecule has 0 saturated carbocycles. The van der Waals surface area contributed by atoms with Crippen LogP contribution in [0.4, 0.5) is 8.78 Å². The zero-order chi connectivity index (χ0) is 20.4. The van der Waals surface area contributed by atoms with Crippen molar-refractivity contribution in [1.82, 2.24) is 14.5 Å². The lowest BCUT2D eigenvalue weighted by Gasteiger charge is -2.16. The van der Waals surface area contributed by atoms with E-state index < -0.39 is 17.3 Å². The molecule has 5 nitrogen and oxygen atoms in total. The second kappa shape index (κ2) is 8.30. The molecule has 0 atom stereocenters. The third-order valence-electron chi connectivity index (χ3n) is 4.10. The van der Waals surface area contributed by atoms with Crippen molar-refractivity contribution in [2.45, 2.75) is 18.6 Å². The third kappa shape index (κ3) is 4.01. The van der Waals surface area contributed by atoms with E-state index in [1.165, 1.54) is 58.0 Å². The van der Waals surface area contributed by atoms with Crippen LogP contribution in [-0.2, 0) is 6.61 Å². The summed E-state index contributed by atoms with van der Waals surface area (Å²) >= 11 is 2.80. The van der Waals surface area contributed by atoms with Crippen molar-refractivity contribution < 1.29 is 13.5 Å². The van der Waals surface area contributed by atoms with Crippen LogP contribution >= 0.6 is 23.1 Å². The van der Waals surface area contributed by atoms with Crippen molar-refractivity contribution in [1.29, 1.82) is 0 Å². The summed E-state index contributed by atoms with van der Waals surface area (Å²) in [6.45, 7) is 2.06. The summed E-state index contributed by atoms with van der Waals surface area (Å²) in [5, 5.41) is 3.67. The quantitative estimate of drug-likeness (QED) is 0.324. The minimum atomic E-state index is -0.593. The van der Waals surface area contributed by atoms with Gasteiger partial charge in [-0.25, -0.2) is 18.6 Å². The van der Waals surface area contributed by atoms with Crippen molar-refractivity contribution in [3.8, 4) is 11.4 Å². The van der Waals surface area contributed by atoms with Crippen LogP contribution in [0.5, 0.6) is 5.75 Å². The van der Waals surface area contributed by atoms with Crippen LogP contribution in [0.2, 0.25) is 0 Å². The summed E-state index contributed by atoms with van der Waals surface area (Å²) < 4.78 is 34.9. The first-order valence-corrected chi connectivity index (χ1v) is 10.6. The molecule has 148 valence electrons. The van der Waals surface area contributed by atoms with Gasteiger partial charge in [0.25, 0.3) is 0 Å². The number of hydrogen-bond acceptors (Lipinski definition) is 6. The smallest absolute Gasteiger partial charge is 0.353 e. The molecule has 2 heterocycles. The molecule has 2 aromatic heterocycles. The molecule has 0 N–H and O–H groups in total. The molecule has 0 radical (unpaired) electrons. The lowest BCUT2D eigenvalue weighted by molar-refractivity contribution is 0.303. The van der Waals surface area contributed by atoms with Crippen LogP contribution < -0.4 is 10.4 Å². The van der Waals surface area contributed by atoms with Crippen LogP contribution in [-0.4, -0.2) is 20.3 Å². The van der Waals surface area contributed by atoms with E-state index >= 15 is 0 Å². The second-order valence-corrected chi connectivity index (χ2v) is 8.19. The maximum atomic E-state index is 14.0. The van der Waals surface area contributed by atoms with Crippen LogP contribution in [0.15, 0.2) is 57.8 Å². The Morgan fingerprint density at radius 1 is 1.17 bits per heavy atom. The minimum Gasteiger partial charge on any atom is -0.484 e. The molecule has 9 heteroatoms. The number of ether oxygens (including phenoxy) is 1. The van der Waals surface area contributed by atoms with Gasteiger partial charge in [0, 0.05) is 23.0 Å². The highest BCUT2D eigenvalue weighted by Crippen LogP contribution is 2.30. The molecular weight excluding hydrogens is 416 g/mol. The van der Waals surface area contributed by atoms with Gasteiger partial charge in [-0.3, -0.25) is 4.57 Å². The van der Waals surface area contributed by atoms with Gasteiger partial charge in [0.15, 0.2) is 0 Å². The molecule has 0 spiro atoms. The first-order valence-electron chi connectivity index (χ1n) is 8.73. The highest BCUT2D eigenvalue weighted by Gasteiger charge is 2.17. The number of benzene rings is 2. The van der Waals surface area contributed by atoms with Crippen LogP contribution in [0.25, 0.3) is 16.6 Å². The van der Waals surface area contributed by atoms with E-state index in [0.717, 1.165) is 0 Å². The Kier molecular flexibility index (Phi) is 5.59. The summed E-state index contributed by atoms with van der Waals surface area (Å²) in [5.74, 6) is -0.151. The zero-order valence-corrected chi connectivity index (χ0v) is 16.9. The molecule has 0 fully saturated rings. The average molecular weight is 431 g/mol. The molecule has 0 aliphatic heterocycles. The van der Waals surface area contributed by atoms with Gasteiger partial charge < -0.3 is 4.74 Å². The van der Waals surface area contributed by atoms with Crippen molar-refractivity contribution in [2.24, 2.45) is 0 Å². The van der Waals surface area contributed by atoms with Gasteiger partial charge in [-0.2, -0.15) is 4.98 Å². The Balaban J connectivity index is 1.90. The highest BCUT2D eigenvalue weighted by atomic mass is 32.2. The second-order valence-electron chi connectivity index (χ2n) is 5.96. The van der Waals surface area contributed by atoms with E-state index in [4.69, 9.17) is 4.74 Å². The lowest BCUT2D eigenvalue weighted by atomic mass is 10.2. The monoisotopic (exact) mass is 431 g/mol. The lowest BCUT2D eigenvalue weighted by Crippen LogP contribution is -2.23. The molecular formula is C20H15F2N3O2S2. The minimum absolute atomic E-state index is 0.117. The van der Waals surface area contributed by atoms with E-state index in [9.17, 15) is 13.6 Å². The topological polar surface area (TPSA) is 57.0 Å². The number of aromatic nitrogens is 3. The van der Waals surface area contributed by atoms with Crippen molar-refractivity contribution >= 4 is 34.0 Å². The van der Waals surface area contributed by atoms with Gasteiger partial charge in [-0.15, -0.1) is 23.1 Å². The Hall–Kier alpha value is -2.78. The van der Waals surface area contributed by atoms with Crippen molar-refractivity contribution in [3.05, 3.63) is 75.1 Å². The molecule has 29 heavy (non-hydrogen) atoms. The Labute approximate surface area is 173 Å². The number of nitrogens with zero attached hydrogens (tertiary/aromatic N) is 3. The maximum absolute atomic E-state index is 14.0. The normalized spacial score (nSPS) is 11.1. The molecule has 0 unspecified atom stereocenters. The fourth-order valence-corrected chi connectivity index (χ4v) is 4.17. The Morgan fingerprint density at radius 2 is 1.97 bits per heavy atom. The number of thioether (sulfide) groups is 1. The molecule has 0 aliphatic carbocycles. The Morgan fingerprint density at radius 3 is 2.72 bits per heavy atom. The fourth-order valence-electron chi connectivity index (χ4n) is 2.90. The number of hydrogen-bond donors (Lipinski definition) is 0. The van der Waals surface area contributed by atoms with E-state index in [-0.39, 0.29) is 18.0 Å². The number of fused-ring (bicyclic) bond motifs is 1. The SMILES string of the molecule is CCSc1nc(=O)n(-c2ccc(F)cc2OCc2nccs2)c2cc(F)ccc12. The highest BCUT2D eigenvalue weighted by molar-refractivity contribution is 7.99. The average Bonchev–Trinajstić information content (AvgIpc) is 3.21. The van der Waals surface area contributed by atoms with Crippen LogP contribution in [0.1, 0.15) is 11.9 Å². The molecule has 0 aliphatic rings. The van der Waals surface area contributed by atoms with Crippen LogP contribution in [0, 0.1) is 11.6 Å². The Bertz CT molecular complexity index is 1230. The summed E-state index contributed by atoms with van der Waals surface area (Å²) in [4.78, 5) is 21.2. The summed E-state index contributed by atoms with van der Waals surface area (Å²) in [6.07, 6.45) is 1.64. The largest absolute Gasteiger partial charge is 0.484 e. The van der Waals surface area contributed by atoms with Gasteiger partial charge in [-0.1, -0.05) is 6.92 Å². The number of halogens is 2. The van der Waals surface area contributed by atoms with Gasteiger partial charge >= 0.3 is 5.69 Å². The van der Waals surface area contributed by atoms with Crippen LogP contribution in [0.3, 0.4) is 0 Å². The number of thiazole rings is 1. The third-order valence-corrected chi connectivity index (χ3v) is 5.72. The van der Waals surface area contributed by atoms with Gasteiger partial charge in [0.2, 0.25) is 0 Å². The van der Waals surface area contributed by atoms with Crippen molar-refractivity contribution in [2.75, 3.05) is 5.75 Å². The van der Waals surface area contributed by atoms with E-state index in [2.05, 4.69) is 9.97 Å². The van der Waals surface area contributed by atoms with Crippen molar-refractivity contribution in [3.63, 3.8) is 0 Å². The predicted molar refractivity (Wildman–Crippen MR) is 110 cm³/mol. The number of rotatable bonds is 6. The standard InChI is InChI=1S/C20H15F2N3O2S2/c1-2-28-19-14-5-3-12(21)9-16(14)25(20(26)24-19)15-6-4-13(22)10-17(15)27-11-18-23-7-8-29-18/h3-10H,2,11H2,1H3. The molecule has 0 bridgehead atoms.